The molecule has 1 aliphatic rings. The highest BCUT2D eigenvalue weighted by Gasteiger charge is 2.29. The number of hydrogen-bond donors (Lipinski definition) is 0. The van der Waals surface area contributed by atoms with Gasteiger partial charge >= 0.3 is 0 Å². The summed E-state index contributed by atoms with van der Waals surface area (Å²) < 4.78 is 31.2. The van der Waals surface area contributed by atoms with Crippen LogP contribution in [-0.2, 0) is 17.1 Å². The fourth-order valence-electron chi connectivity index (χ4n) is 5.03. The van der Waals surface area contributed by atoms with E-state index >= 15 is 0 Å². The zero-order valence-corrected chi connectivity index (χ0v) is 23.7. The van der Waals surface area contributed by atoms with E-state index in [-0.39, 0.29) is 10.4 Å². The number of likely N-dealkylation sites (N-methyl/N-ethyl adjacent to an activating group) is 1. The monoisotopic (exact) mass is 538 g/mol. The lowest BCUT2D eigenvalue weighted by atomic mass is 9.95. The second-order valence-corrected chi connectivity index (χ2v) is 11.7. The molecule has 0 saturated carbocycles. The average Bonchev–Trinajstić information content (AvgIpc) is 3.29. The average molecular weight is 539 g/mol. The van der Waals surface area contributed by atoms with Crippen LogP contribution in [0.15, 0.2) is 76.2 Å². The maximum absolute atomic E-state index is 14.3. The molecule has 0 amide bonds. The van der Waals surface area contributed by atoms with Gasteiger partial charge in [-0.25, -0.2) is 12.4 Å². The highest BCUT2D eigenvalue weighted by Crippen LogP contribution is 2.37. The number of nitrogens with zero attached hydrogens (tertiary/aromatic N) is 4. The third-order valence-electron chi connectivity index (χ3n) is 6.80. The van der Waals surface area contributed by atoms with Crippen molar-refractivity contribution in [2.24, 2.45) is 7.05 Å². The molecule has 7 nitrogen and oxygen atoms in total. The fourth-order valence-corrected chi connectivity index (χ4v) is 6.55. The molecule has 1 aliphatic heterocycles. The molecule has 4 aromatic rings. The minimum atomic E-state index is -4.15. The molecule has 8 heteroatoms. The van der Waals surface area contributed by atoms with Crippen LogP contribution in [0, 0.1) is 32.6 Å². The zero-order chi connectivity index (χ0) is 28.1. The summed E-state index contributed by atoms with van der Waals surface area (Å²) in [5.74, 6) is 6.15. The Bertz CT molecular complexity index is 1910. The largest absolute Gasteiger partial charge is 0.376 e. The van der Waals surface area contributed by atoms with E-state index in [1.54, 1.807) is 44.4 Å². The van der Waals surface area contributed by atoms with E-state index in [4.69, 9.17) is 0 Å². The Morgan fingerprint density at radius 1 is 0.974 bits per heavy atom. The molecular weight excluding hydrogens is 508 g/mol. The van der Waals surface area contributed by atoms with Crippen molar-refractivity contribution in [1.29, 1.82) is 0 Å². The van der Waals surface area contributed by atoms with Crippen molar-refractivity contribution in [1.82, 2.24) is 18.4 Å². The molecule has 0 unspecified atom stereocenters. The summed E-state index contributed by atoms with van der Waals surface area (Å²) in [6.07, 6.45) is 5.80. The number of fused-ring (bicyclic) bond motifs is 1. The van der Waals surface area contributed by atoms with Crippen molar-refractivity contribution in [3.05, 3.63) is 99.4 Å². The third-order valence-corrected chi connectivity index (χ3v) is 8.53. The Kier molecular flexibility index (Phi) is 6.57. The van der Waals surface area contributed by atoms with E-state index in [2.05, 4.69) is 22.9 Å². The standard InChI is InChI=1S/C31H30N4O3S/c1-7-8-23-18-33(5)14-13-26(23)28-19-34(6)31(36)30-27(28)17-29(24-15-21(3)32-22(4)16-24)35(30)39(37,38)25-11-9-20(2)10-12-25/h9-13,15-19H,14H2,1-6H3. The van der Waals surface area contributed by atoms with Crippen LogP contribution >= 0.6 is 0 Å². The van der Waals surface area contributed by atoms with Crippen molar-refractivity contribution in [3.63, 3.8) is 0 Å². The second kappa shape index (κ2) is 9.75. The van der Waals surface area contributed by atoms with Gasteiger partial charge in [0, 0.05) is 66.5 Å². The Labute approximate surface area is 228 Å². The summed E-state index contributed by atoms with van der Waals surface area (Å²) in [4.78, 5) is 20.4. The number of aryl methyl sites for hydroxylation is 4. The number of pyridine rings is 2. The van der Waals surface area contributed by atoms with Gasteiger partial charge in [0.25, 0.3) is 15.6 Å². The van der Waals surface area contributed by atoms with Gasteiger partial charge < -0.3 is 9.47 Å². The molecule has 0 aliphatic carbocycles. The zero-order valence-electron chi connectivity index (χ0n) is 22.9. The number of aromatic nitrogens is 3. The molecule has 0 spiro atoms. The Balaban J connectivity index is 1.93. The van der Waals surface area contributed by atoms with Crippen LogP contribution in [0.1, 0.15) is 29.4 Å². The predicted molar refractivity (Wildman–Crippen MR) is 156 cm³/mol. The lowest BCUT2D eigenvalue weighted by Gasteiger charge is -2.21. The number of hydrogen-bond acceptors (Lipinski definition) is 5. The van der Waals surface area contributed by atoms with Crippen LogP contribution in [0.25, 0.3) is 27.7 Å². The number of allylic oxidation sites excluding steroid dienone is 2. The summed E-state index contributed by atoms with van der Waals surface area (Å²) >= 11 is 0. The summed E-state index contributed by atoms with van der Waals surface area (Å²) in [6, 6.07) is 12.2. The molecule has 1 aromatic carbocycles. The van der Waals surface area contributed by atoms with Crippen LogP contribution in [0.5, 0.6) is 0 Å². The van der Waals surface area contributed by atoms with E-state index in [9.17, 15) is 13.2 Å². The molecule has 0 fully saturated rings. The molecule has 39 heavy (non-hydrogen) atoms. The van der Waals surface area contributed by atoms with E-state index in [0.29, 0.717) is 23.2 Å². The molecule has 198 valence electrons. The maximum Gasteiger partial charge on any atom is 0.275 e. The first kappa shape index (κ1) is 26.3. The summed E-state index contributed by atoms with van der Waals surface area (Å²) in [7, 11) is -0.535. The van der Waals surface area contributed by atoms with Crippen molar-refractivity contribution in [2.45, 2.75) is 32.6 Å². The summed E-state index contributed by atoms with van der Waals surface area (Å²) in [5, 5.41) is 0.551. The molecule has 4 heterocycles. The SMILES string of the molecule is CC#CC1=CN(C)CC=C1c1cn(C)c(=O)c2c1cc(-c1cc(C)nc(C)c1)n2S(=O)(=O)c1ccc(C)cc1. The first-order chi connectivity index (χ1) is 18.5. The molecule has 5 rings (SSSR count). The van der Waals surface area contributed by atoms with E-state index in [1.165, 1.54) is 8.54 Å². The van der Waals surface area contributed by atoms with E-state index in [1.807, 2.05) is 57.1 Å². The third kappa shape index (κ3) is 4.59. The Morgan fingerprint density at radius 3 is 2.28 bits per heavy atom. The summed E-state index contributed by atoms with van der Waals surface area (Å²) in [6.45, 7) is 8.07. The second-order valence-electron chi connectivity index (χ2n) is 9.95. The predicted octanol–water partition coefficient (Wildman–Crippen LogP) is 4.80. The van der Waals surface area contributed by atoms with Crippen LogP contribution < -0.4 is 5.56 Å². The van der Waals surface area contributed by atoms with Gasteiger partial charge in [0.15, 0.2) is 0 Å². The minimum Gasteiger partial charge on any atom is -0.376 e. The van der Waals surface area contributed by atoms with Crippen LogP contribution in [0.3, 0.4) is 0 Å². The Hall–Kier alpha value is -4.35. The molecule has 0 radical (unpaired) electrons. The maximum atomic E-state index is 14.3. The molecule has 0 saturated heterocycles. The van der Waals surface area contributed by atoms with Gasteiger partial charge in [-0.15, -0.1) is 5.92 Å². The van der Waals surface area contributed by atoms with Gasteiger partial charge in [-0.2, -0.15) is 0 Å². The highest BCUT2D eigenvalue weighted by molar-refractivity contribution is 7.90. The topological polar surface area (TPSA) is 77.2 Å². The smallest absolute Gasteiger partial charge is 0.275 e. The van der Waals surface area contributed by atoms with Gasteiger partial charge in [-0.05, 0) is 63.6 Å². The van der Waals surface area contributed by atoms with Crippen molar-refractivity contribution < 1.29 is 8.42 Å². The van der Waals surface area contributed by atoms with Crippen molar-refractivity contribution in [3.8, 4) is 23.1 Å². The van der Waals surface area contributed by atoms with E-state index < -0.39 is 15.6 Å². The lowest BCUT2D eigenvalue weighted by molar-refractivity contribution is 0.504. The quantitative estimate of drug-likeness (QED) is 0.349. The first-order valence-corrected chi connectivity index (χ1v) is 14.0. The lowest BCUT2D eigenvalue weighted by Crippen LogP contribution is -2.24. The molecule has 3 aromatic heterocycles. The first-order valence-electron chi connectivity index (χ1n) is 12.6. The fraction of sp³-hybridized carbons (Fsp3) is 0.226. The number of benzene rings is 1. The Morgan fingerprint density at radius 2 is 1.64 bits per heavy atom. The van der Waals surface area contributed by atoms with Gasteiger partial charge in [-0.1, -0.05) is 29.7 Å². The highest BCUT2D eigenvalue weighted by atomic mass is 32.2. The van der Waals surface area contributed by atoms with Crippen LogP contribution in [0.2, 0.25) is 0 Å². The van der Waals surface area contributed by atoms with E-state index in [0.717, 1.165) is 33.7 Å². The summed E-state index contributed by atoms with van der Waals surface area (Å²) in [5.41, 5.74) is 5.63. The van der Waals surface area contributed by atoms with Gasteiger partial charge in [0.1, 0.15) is 5.52 Å². The normalized spacial score (nSPS) is 13.6. The molecular formula is C31H30N4O3S. The van der Waals surface area contributed by atoms with Gasteiger partial charge in [0.05, 0.1) is 10.6 Å². The molecule has 0 bridgehead atoms. The van der Waals surface area contributed by atoms with Gasteiger partial charge in [-0.3, -0.25) is 9.78 Å². The minimum absolute atomic E-state index is 0.0985. The molecule has 0 N–H and O–H groups in total. The van der Waals surface area contributed by atoms with Crippen molar-refractivity contribution >= 4 is 26.5 Å². The number of rotatable bonds is 4. The van der Waals surface area contributed by atoms with Crippen LogP contribution in [-0.4, -0.2) is 40.4 Å². The van der Waals surface area contributed by atoms with Crippen LogP contribution in [0.4, 0.5) is 0 Å². The molecule has 0 atom stereocenters. The van der Waals surface area contributed by atoms with Crippen molar-refractivity contribution in [2.75, 3.05) is 13.6 Å². The van der Waals surface area contributed by atoms with Gasteiger partial charge in [0.2, 0.25) is 0 Å².